The molecule has 28 heavy (non-hydrogen) atoms. The Bertz CT molecular complexity index is 1040. The van der Waals surface area contributed by atoms with E-state index in [0.29, 0.717) is 22.5 Å². The number of nitrogens with one attached hydrogen (secondary N) is 1. The number of nitrogens with zero attached hydrogens (tertiary/aromatic N) is 2. The van der Waals surface area contributed by atoms with E-state index in [1.54, 1.807) is 30.3 Å². The molecule has 1 amide bonds. The van der Waals surface area contributed by atoms with E-state index in [9.17, 15) is 9.59 Å². The number of hydrogen-bond acceptors (Lipinski definition) is 6. The van der Waals surface area contributed by atoms with Crippen LogP contribution in [0.2, 0.25) is 0 Å². The zero-order valence-corrected chi connectivity index (χ0v) is 15.6. The number of rotatable bonds is 4. The second-order valence-electron chi connectivity index (χ2n) is 6.95. The Balaban J connectivity index is 1.43. The third-order valence-electron chi connectivity index (χ3n) is 4.83. The molecule has 2 aromatic heterocycles. The van der Waals surface area contributed by atoms with Crippen LogP contribution in [-0.2, 0) is 0 Å². The van der Waals surface area contributed by atoms with Gasteiger partial charge in [0, 0.05) is 24.5 Å². The van der Waals surface area contributed by atoms with E-state index in [4.69, 9.17) is 9.15 Å². The molecule has 7 nitrogen and oxygen atoms in total. The Labute approximate surface area is 161 Å². The van der Waals surface area contributed by atoms with Crippen LogP contribution in [0.3, 0.4) is 0 Å². The topological polar surface area (TPSA) is 84.7 Å². The van der Waals surface area contributed by atoms with E-state index in [1.165, 1.54) is 12.3 Å². The average molecular weight is 379 g/mol. The van der Waals surface area contributed by atoms with Gasteiger partial charge in [0.25, 0.3) is 5.91 Å². The summed E-state index contributed by atoms with van der Waals surface area (Å²) in [7, 11) is 2.10. The molecule has 0 unspecified atom stereocenters. The average Bonchev–Trinajstić information content (AvgIpc) is 2.70. The number of pyridine rings is 1. The lowest BCUT2D eigenvalue weighted by atomic mass is 10.1. The van der Waals surface area contributed by atoms with Gasteiger partial charge in [-0.05, 0) is 38.1 Å². The van der Waals surface area contributed by atoms with Crippen molar-refractivity contribution in [2.75, 3.05) is 25.5 Å². The molecule has 144 valence electrons. The Morgan fingerprint density at radius 2 is 2.00 bits per heavy atom. The Hall–Kier alpha value is -3.19. The van der Waals surface area contributed by atoms with Gasteiger partial charge in [-0.1, -0.05) is 18.2 Å². The van der Waals surface area contributed by atoms with Crippen LogP contribution in [-0.4, -0.2) is 42.0 Å². The van der Waals surface area contributed by atoms with Crippen molar-refractivity contribution >= 4 is 22.6 Å². The summed E-state index contributed by atoms with van der Waals surface area (Å²) in [5.74, 6) is -0.0111. The molecule has 0 saturated carbocycles. The molecule has 1 aliphatic rings. The maximum atomic E-state index is 12.5. The molecule has 0 radical (unpaired) electrons. The molecule has 3 aromatic rings. The summed E-state index contributed by atoms with van der Waals surface area (Å²) in [6, 6.07) is 12.0. The second kappa shape index (κ2) is 7.82. The van der Waals surface area contributed by atoms with Crippen LogP contribution >= 0.6 is 0 Å². The lowest BCUT2D eigenvalue weighted by Crippen LogP contribution is -2.35. The van der Waals surface area contributed by atoms with Gasteiger partial charge >= 0.3 is 5.63 Å². The number of likely N-dealkylation sites (tertiary alicyclic amines) is 1. The van der Waals surface area contributed by atoms with Gasteiger partial charge < -0.3 is 19.4 Å². The minimum Gasteiger partial charge on any atom is -0.474 e. The van der Waals surface area contributed by atoms with Gasteiger partial charge in [-0.3, -0.25) is 4.79 Å². The molecule has 0 atom stereocenters. The van der Waals surface area contributed by atoms with E-state index in [2.05, 4.69) is 22.2 Å². The molecule has 4 rings (SSSR count). The number of carbonyl (C=O) groups excluding carboxylic acids is 1. The Morgan fingerprint density at radius 3 is 2.75 bits per heavy atom. The summed E-state index contributed by atoms with van der Waals surface area (Å²) >= 11 is 0. The molecule has 1 fully saturated rings. The SMILES string of the molecule is CN1CCC(Oc2ccc(NC(=O)c3cc4ccccc4oc3=O)cn2)CC1. The number of piperidine rings is 1. The molecule has 1 aromatic carbocycles. The van der Waals surface area contributed by atoms with Gasteiger partial charge in [0.2, 0.25) is 5.88 Å². The number of amides is 1. The molecular formula is C21H21N3O4. The monoisotopic (exact) mass is 379 g/mol. The molecule has 1 aliphatic heterocycles. The fourth-order valence-corrected chi connectivity index (χ4v) is 3.22. The van der Waals surface area contributed by atoms with Crippen molar-refractivity contribution in [2.45, 2.75) is 18.9 Å². The first-order chi connectivity index (χ1) is 13.6. The smallest absolute Gasteiger partial charge is 0.349 e. The highest BCUT2D eigenvalue weighted by Gasteiger charge is 2.19. The number of para-hydroxylation sites is 1. The van der Waals surface area contributed by atoms with E-state index in [-0.39, 0.29) is 11.7 Å². The van der Waals surface area contributed by atoms with Gasteiger partial charge in [0.15, 0.2) is 0 Å². The van der Waals surface area contributed by atoms with Crippen molar-refractivity contribution in [1.82, 2.24) is 9.88 Å². The quantitative estimate of drug-likeness (QED) is 0.702. The lowest BCUT2D eigenvalue weighted by molar-refractivity contribution is 0.102. The predicted octanol–water partition coefficient (Wildman–Crippen LogP) is 2.91. The summed E-state index contributed by atoms with van der Waals surface area (Å²) in [6.07, 6.45) is 3.61. The summed E-state index contributed by atoms with van der Waals surface area (Å²) < 4.78 is 11.1. The highest BCUT2D eigenvalue weighted by atomic mass is 16.5. The van der Waals surface area contributed by atoms with Crippen LogP contribution < -0.4 is 15.7 Å². The van der Waals surface area contributed by atoms with Crippen molar-refractivity contribution in [3.8, 4) is 5.88 Å². The van der Waals surface area contributed by atoms with E-state index < -0.39 is 11.5 Å². The van der Waals surface area contributed by atoms with Crippen molar-refractivity contribution < 1.29 is 13.9 Å². The van der Waals surface area contributed by atoms with Crippen molar-refractivity contribution in [3.05, 3.63) is 64.6 Å². The standard InChI is InChI=1S/C21H21N3O4/c1-24-10-8-16(9-11-24)27-19-7-6-15(13-22-19)23-20(25)17-12-14-4-2-3-5-18(14)28-21(17)26/h2-7,12-13,16H,8-11H2,1H3,(H,23,25). The van der Waals surface area contributed by atoms with Gasteiger partial charge in [0.1, 0.15) is 17.3 Å². The second-order valence-corrected chi connectivity index (χ2v) is 6.95. The Morgan fingerprint density at radius 1 is 1.21 bits per heavy atom. The fraction of sp³-hybridized carbons (Fsp3) is 0.286. The predicted molar refractivity (Wildman–Crippen MR) is 106 cm³/mol. The van der Waals surface area contributed by atoms with Crippen molar-refractivity contribution in [3.63, 3.8) is 0 Å². The van der Waals surface area contributed by atoms with E-state index in [0.717, 1.165) is 25.9 Å². The normalized spacial score (nSPS) is 15.5. The maximum absolute atomic E-state index is 12.5. The van der Waals surface area contributed by atoms with Crippen molar-refractivity contribution in [2.24, 2.45) is 0 Å². The van der Waals surface area contributed by atoms with Gasteiger partial charge in [-0.2, -0.15) is 0 Å². The van der Waals surface area contributed by atoms with Crippen LogP contribution in [0.5, 0.6) is 5.88 Å². The number of anilines is 1. The van der Waals surface area contributed by atoms with Crippen LogP contribution in [0.1, 0.15) is 23.2 Å². The highest BCUT2D eigenvalue weighted by Crippen LogP contribution is 2.19. The molecule has 0 bridgehead atoms. The summed E-state index contributed by atoms with van der Waals surface area (Å²) in [5, 5.41) is 3.36. The maximum Gasteiger partial charge on any atom is 0.349 e. The largest absolute Gasteiger partial charge is 0.474 e. The Kier molecular flexibility index (Phi) is 5.08. The summed E-state index contributed by atoms with van der Waals surface area (Å²) in [4.78, 5) is 31.1. The minimum atomic E-state index is -0.675. The number of benzene rings is 1. The van der Waals surface area contributed by atoms with Crippen LogP contribution in [0.25, 0.3) is 11.0 Å². The van der Waals surface area contributed by atoms with E-state index >= 15 is 0 Å². The third kappa shape index (κ3) is 4.04. The van der Waals surface area contributed by atoms with Crippen molar-refractivity contribution in [1.29, 1.82) is 0 Å². The van der Waals surface area contributed by atoms with E-state index in [1.807, 2.05) is 6.07 Å². The summed E-state index contributed by atoms with van der Waals surface area (Å²) in [6.45, 7) is 2.01. The molecule has 7 heteroatoms. The number of aromatic nitrogens is 1. The molecule has 0 aliphatic carbocycles. The van der Waals surface area contributed by atoms with Gasteiger partial charge in [-0.25, -0.2) is 9.78 Å². The minimum absolute atomic E-state index is 0.0506. The lowest BCUT2D eigenvalue weighted by Gasteiger charge is -2.28. The van der Waals surface area contributed by atoms with Crippen LogP contribution in [0, 0.1) is 0 Å². The molecule has 0 spiro atoms. The number of hydrogen-bond donors (Lipinski definition) is 1. The zero-order chi connectivity index (χ0) is 19.5. The summed E-state index contributed by atoms with van der Waals surface area (Å²) in [5.41, 5.74) is 0.200. The number of fused-ring (bicyclic) bond motifs is 1. The molecule has 3 heterocycles. The zero-order valence-electron chi connectivity index (χ0n) is 15.6. The van der Waals surface area contributed by atoms with Crippen LogP contribution in [0.15, 0.2) is 57.9 Å². The first-order valence-corrected chi connectivity index (χ1v) is 9.24. The fourth-order valence-electron chi connectivity index (χ4n) is 3.22. The molecular weight excluding hydrogens is 358 g/mol. The first kappa shape index (κ1) is 18.2. The first-order valence-electron chi connectivity index (χ1n) is 9.24. The highest BCUT2D eigenvalue weighted by molar-refractivity contribution is 6.05. The third-order valence-corrected chi connectivity index (χ3v) is 4.83. The number of ether oxygens (including phenoxy) is 1. The molecule has 1 N–H and O–H groups in total. The molecule has 1 saturated heterocycles. The number of carbonyl (C=O) groups is 1. The van der Waals surface area contributed by atoms with Crippen LogP contribution in [0.4, 0.5) is 5.69 Å². The van der Waals surface area contributed by atoms with Gasteiger partial charge in [0.05, 0.1) is 11.9 Å². The van der Waals surface area contributed by atoms with Gasteiger partial charge in [-0.15, -0.1) is 0 Å².